The lowest BCUT2D eigenvalue weighted by molar-refractivity contribution is 0.0778. The highest BCUT2D eigenvalue weighted by molar-refractivity contribution is 6.06. The van der Waals surface area contributed by atoms with Crippen molar-refractivity contribution in [3.05, 3.63) is 66.4 Å². The first-order valence-electron chi connectivity index (χ1n) is 9.23. The summed E-state index contributed by atoms with van der Waals surface area (Å²) in [5.41, 5.74) is 3.17. The number of fused-ring (bicyclic) bond motifs is 1. The van der Waals surface area contributed by atoms with Crippen LogP contribution in [0.4, 0.5) is 5.69 Å². The Bertz CT molecular complexity index is 916. The number of carbonyl (C=O) groups is 1. The predicted octanol–water partition coefficient (Wildman–Crippen LogP) is 3.78. The zero-order valence-corrected chi connectivity index (χ0v) is 15.4. The van der Waals surface area contributed by atoms with E-state index >= 15 is 0 Å². The molecule has 0 N–H and O–H groups in total. The molecular weight excluding hydrogens is 322 g/mol. The summed E-state index contributed by atoms with van der Waals surface area (Å²) in [5.74, 6) is 0.624. The highest BCUT2D eigenvalue weighted by Gasteiger charge is 2.26. The molecule has 1 aliphatic heterocycles. The third-order valence-electron chi connectivity index (χ3n) is 5.44. The van der Waals surface area contributed by atoms with E-state index in [9.17, 15) is 4.79 Å². The first-order chi connectivity index (χ1) is 12.6. The van der Waals surface area contributed by atoms with Crippen LogP contribution in [-0.2, 0) is 7.05 Å². The van der Waals surface area contributed by atoms with Crippen molar-refractivity contribution >= 4 is 22.5 Å². The molecule has 134 valence electrons. The summed E-state index contributed by atoms with van der Waals surface area (Å²) in [6.45, 7) is 2.87. The maximum absolute atomic E-state index is 13.0. The molecule has 0 unspecified atom stereocenters. The molecule has 0 radical (unpaired) electrons. The number of aryl methyl sites for hydroxylation is 1. The summed E-state index contributed by atoms with van der Waals surface area (Å²) in [6.07, 6.45) is 3.14. The molecule has 1 amide bonds. The lowest BCUT2D eigenvalue weighted by Gasteiger charge is -2.23. The summed E-state index contributed by atoms with van der Waals surface area (Å²) in [7, 11) is 3.94. The Morgan fingerprint density at radius 1 is 1.12 bits per heavy atom. The van der Waals surface area contributed by atoms with Gasteiger partial charge >= 0.3 is 0 Å². The van der Waals surface area contributed by atoms with Crippen LogP contribution < -0.4 is 4.90 Å². The van der Waals surface area contributed by atoms with Crippen LogP contribution in [-0.4, -0.2) is 42.1 Å². The number of amides is 1. The van der Waals surface area contributed by atoms with Crippen LogP contribution in [0, 0.1) is 5.92 Å². The Hall–Kier alpha value is -2.75. The minimum atomic E-state index is 0.111. The van der Waals surface area contributed by atoms with E-state index in [0.29, 0.717) is 5.92 Å². The summed E-state index contributed by atoms with van der Waals surface area (Å²) in [6, 6.07) is 18.5. The second-order valence-corrected chi connectivity index (χ2v) is 7.29. The van der Waals surface area contributed by atoms with Crippen molar-refractivity contribution < 1.29 is 4.79 Å². The normalized spacial score (nSPS) is 17.0. The fourth-order valence-corrected chi connectivity index (χ4v) is 4.02. The van der Waals surface area contributed by atoms with Gasteiger partial charge in [-0.25, -0.2) is 0 Å². The summed E-state index contributed by atoms with van der Waals surface area (Å²) >= 11 is 0. The van der Waals surface area contributed by atoms with Gasteiger partial charge in [0, 0.05) is 62.1 Å². The van der Waals surface area contributed by atoms with Crippen LogP contribution in [0.2, 0.25) is 0 Å². The van der Waals surface area contributed by atoms with Gasteiger partial charge in [0.1, 0.15) is 0 Å². The molecule has 0 bridgehead atoms. The van der Waals surface area contributed by atoms with Crippen LogP contribution >= 0.6 is 0 Å². The van der Waals surface area contributed by atoms with E-state index in [4.69, 9.17) is 0 Å². The number of rotatable bonds is 4. The lowest BCUT2D eigenvalue weighted by atomic mass is 10.1. The second kappa shape index (κ2) is 6.87. The largest absolute Gasteiger partial charge is 0.371 e. The number of hydrogen-bond acceptors (Lipinski definition) is 2. The number of carbonyl (C=O) groups excluding carboxylic acids is 1. The third kappa shape index (κ3) is 3.07. The van der Waals surface area contributed by atoms with Crippen LogP contribution in [0.5, 0.6) is 0 Å². The third-order valence-corrected chi connectivity index (χ3v) is 5.44. The minimum Gasteiger partial charge on any atom is -0.371 e. The van der Waals surface area contributed by atoms with E-state index in [0.717, 1.165) is 42.5 Å². The van der Waals surface area contributed by atoms with Crippen LogP contribution in [0.3, 0.4) is 0 Å². The molecule has 4 nitrogen and oxygen atoms in total. The fraction of sp³-hybridized carbons (Fsp3) is 0.318. The van der Waals surface area contributed by atoms with Gasteiger partial charge in [0.05, 0.1) is 0 Å². The van der Waals surface area contributed by atoms with Crippen LogP contribution in [0.25, 0.3) is 10.9 Å². The number of anilines is 1. The molecule has 3 aromatic rings. The Morgan fingerprint density at radius 3 is 2.73 bits per heavy atom. The van der Waals surface area contributed by atoms with Gasteiger partial charge in [0.25, 0.3) is 5.91 Å². The van der Waals surface area contributed by atoms with Crippen molar-refractivity contribution in [3.63, 3.8) is 0 Å². The van der Waals surface area contributed by atoms with E-state index in [-0.39, 0.29) is 5.91 Å². The molecule has 2 aromatic carbocycles. The molecule has 0 aliphatic carbocycles. The fourth-order valence-electron chi connectivity index (χ4n) is 4.02. The maximum atomic E-state index is 13.0. The average Bonchev–Trinajstić information content (AvgIpc) is 3.29. The standard InChI is InChI=1S/C22H25N3O/c1-23-13-12-19-20(9-6-10-21(19)23)22(26)24(2)15-17-11-14-25(16-17)18-7-4-3-5-8-18/h3-10,12-13,17H,11,14-16H2,1-2H3/t17-/m1/s1. The van der Waals surface area contributed by atoms with E-state index in [2.05, 4.69) is 39.8 Å². The second-order valence-electron chi connectivity index (χ2n) is 7.29. The molecule has 4 rings (SSSR count). The van der Waals surface area contributed by atoms with Crippen molar-refractivity contribution in [2.24, 2.45) is 13.0 Å². The van der Waals surface area contributed by atoms with Gasteiger partial charge < -0.3 is 14.4 Å². The molecule has 0 saturated carbocycles. The van der Waals surface area contributed by atoms with Crippen LogP contribution in [0.15, 0.2) is 60.8 Å². The number of nitrogens with zero attached hydrogens (tertiary/aromatic N) is 3. The maximum Gasteiger partial charge on any atom is 0.254 e. The monoisotopic (exact) mass is 347 g/mol. The van der Waals surface area contributed by atoms with Crippen molar-refractivity contribution in [3.8, 4) is 0 Å². The van der Waals surface area contributed by atoms with Gasteiger partial charge in [-0.3, -0.25) is 4.79 Å². The van der Waals surface area contributed by atoms with E-state index in [1.165, 1.54) is 5.69 Å². The van der Waals surface area contributed by atoms with Crippen LogP contribution in [0.1, 0.15) is 16.8 Å². The molecule has 1 aliphatic rings. The zero-order chi connectivity index (χ0) is 18.1. The molecule has 1 aromatic heterocycles. The number of para-hydroxylation sites is 1. The smallest absolute Gasteiger partial charge is 0.254 e. The Labute approximate surface area is 154 Å². The summed E-state index contributed by atoms with van der Waals surface area (Å²) < 4.78 is 2.06. The van der Waals surface area contributed by atoms with Crippen molar-refractivity contribution in [2.45, 2.75) is 6.42 Å². The molecule has 1 fully saturated rings. The number of aromatic nitrogens is 1. The van der Waals surface area contributed by atoms with E-state index < -0.39 is 0 Å². The Balaban J connectivity index is 1.45. The Kier molecular flexibility index (Phi) is 4.41. The summed E-state index contributed by atoms with van der Waals surface area (Å²) in [4.78, 5) is 17.3. The van der Waals surface area contributed by atoms with Gasteiger partial charge in [-0.05, 0) is 42.7 Å². The quantitative estimate of drug-likeness (QED) is 0.719. The number of hydrogen-bond donors (Lipinski definition) is 0. The van der Waals surface area contributed by atoms with Crippen molar-refractivity contribution in [1.82, 2.24) is 9.47 Å². The minimum absolute atomic E-state index is 0.111. The molecule has 26 heavy (non-hydrogen) atoms. The lowest BCUT2D eigenvalue weighted by Crippen LogP contribution is -2.33. The molecular formula is C22H25N3O. The Morgan fingerprint density at radius 2 is 1.92 bits per heavy atom. The molecule has 4 heteroatoms. The highest BCUT2D eigenvalue weighted by atomic mass is 16.2. The molecule has 1 atom stereocenters. The van der Waals surface area contributed by atoms with Crippen molar-refractivity contribution in [1.29, 1.82) is 0 Å². The SMILES string of the molecule is CN(C[C@H]1CCN(c2ccccc2)C1)C(=O)c1cccc2c1ccn2C. The first-order valence-corrected chi connectivity index (χ1v) is 9.23. The number of benzene rings is 2. The van der Waals surface area contributed by atoms with Gasteiger partial charge in [-0.1, -0.05) is 24.3 Å². The summed E-state index contributed by atoms with van der Waals surface area (Å²) in [5, 5.41) is 1.03. The van der Waals surface area contributed by atoms with E-state index in [1.807, 2.05) is 49.5 Å². The van der Waals surface area contributed by atoms with Gasteiger partial charge in [0.15, 0.2) is 0 Å². The zero-order valence-electron chi connectivity index (χ0n) is 15.4. The van der Waals surface area contributed by atoms with Crippen molar-refractivity contribution in [2.75, 3.05) is 31.6 Å². The highest BCUT2D eigenvalue weighted by Crippen LogP contribution is 2.25. The molecule has 0 spiro atoms. The van der Waals surface area contributed by atoms with Gasteiger partial charge in [-0.15, -0.1) is 0 Å². The molecule has 1 saturated heterocycles. The average molecular weight is 347 g/mol. The predicted molar refractivity (Wildman–Crippen MR) is 107 cm³/mol. The van der Waals surface area contributed by atoms with Gasteiger partial charge in [-0.2, -0.15) is 0 Å². The van der Waals surface area contributed by atoms with E-state index in [1.54, 1.807) is 0 Å². The first kappa shape index (κ1) is 16.7. The van der Waals surface area contributed by atoms with Gasteiger partial charge in [0.2, 0.25) is 0 Å². The topological polar surface area (TPSA) is 28.5 Å². The molecule has 2 heterocycles.